The number of carbonyl (C=O) groups excluding carboxylic acids is 1. The van der Waals surface area contributed by atoms with Crippen LogP contribution in [0.25, 0.3) is 11.4 Å². The largest absolute Gasteiger partial charge is 0.339 e. The molecule has 0 radical (unpaired) electrons. The van der Waals surface area contributed by atoms with E-state index < -0.39 is 18.0 Å². The first kappa shape index (κ1) is 18.2. The zero-order valence-electron chi connectivity index (χ0n) is 13.6. The van der Waals surface area contributed by atoms with E-state index in [0.29, 0.717) is 5.82 Å². The summed E-state index contributed by atoms with van der Waals surface area (Å²) in [6.45, 7) is 0. The van der Waals surface area contributed by atoms with Crippen LogP contribution in [0.2, 0.25) is 0 Å². The minimum atomic E-state index is -2.77. The first-order chi connectivity index (χ1) is 12.4. The molecule has 10 heteroatoms. The van der Waals surface area contributed by atoms with Crippen LogP contribution < -0.4 is 5.32 Å². The molecule has 1 aromatic carbocycles. The van der Waals surface area contributed by atoms with Gasteiger partial charge in [-0.2, -0.15) is 10.1 Å². The van der Waals surface area contributed by atoms with E-state index in [2.05, 4.69) is 36.5 Å². The monoisotopic (exact) mass is 425 g/mol. The molecule has 2 aromatic heterocycles. The van der Waals surface area contributed by atoms with Crippen LogP contribution in [0.1, 0.15) is 24.4 Å². The summed E-state index contributed by atoms with van der Waals surface area (Å²) in [5.41, 5.74) is 0.305. The standard InChI is InChI=1S/C16H14BrF2N5O2/c1-24-8-11(14(22-24)15(18)19)20-12(25)5-6-13-21-16(23-26-13)9-3-2-4-10(17)7-9/h2-4,7-8,15H,5-6H2,1H3,(H,20,25). The molecular weight excluding hydrogens is 412 g/mol. The van der Waals surface area contributed by atoms with E-state index in [1.165, 1.54) is 17.9 Å². The number of alkyl halides is 2. The Morgan fingerprint density at radius 2 is 2.23 bits per heavy atom. The molecule has 136 valence electrons. The van der Waals surface area contributed by atoms with Crippen molar-refractivity contribution in [1.29, 1.82) is 0 Å². The lowest BCUT2D eigenvalue weighted by Crippen LogP contribution is -2.13. The Kier molecular flexibility index (Phi) is 5.40. The molecule has 3 rings (SSSR count). The van der Waals surface area contributed by atoms with Crippen LogP contribution in [-0.2, 0) is 18.3 Å². The van der Waals surface area contributed by atoms with Crippen molar-refractivity contribution in [2.75, 3.05) is 5.32 Å². The van der Waals surface area contributed by atoms with Gasteiger partial charge in [0.15, 0.2) is 5.69 Å². The third-order valence-electron chi connectivity index (χ3n) is 3.45. The molecular formula is C16H14BrF2N5O2. The molecule has 0 saturated carbocycles. The van der Waals surface area contributed by atoms with Gasteiger partial charge in [0, 0.05) is 36.1 Å². The topological polar surface area (TPSA) is 85.8 Å². The molecule has 0 aliphatic rings. The summed E-state index contributed by atoms with van der Waals surface area (Å²) < 4.78 is 33.0. The number of rotatable bonds is 6. The van der Waals surface area contributed by atoms with Crippen molar-refractivity contribution < 1.29 is 18.1 Å². The highest BCUT2D eigenvalue weighted by molar-refractivity contribution is 9.10. The zero-order valence-corrected chi connectivity index (χ0v) is 15.2. The number of hydrogen-bond donors (Lipinski definition) is 1. The van der Waals surface area contributed by atoms with Gasteiger partial charge < -0.3 is 9.84 Å². The minimum absolute atomic E-state index is 0.00662. The van der Waals surface area contributed by atoms with Gasteiger partial charge in [0.25, 0.3) is 6.43 Å². The number of aromatic nitrogens is 4. The molecule has 0 bridgehead atoms. The van der Waals surface area contributed by atoms with E-state index in [0.717, 1.165) is 10.0 Å². The Balaban J connectivity index is 1.60. The lowest BCUT2D eigenvalue weighted by atomic mass is 10.2. The Morgan fingerprint density at radius 1 is 1.42 bits per heavy atom. The third-order valence-corrected chi connectivity index (χ3v) is 3.95. The highest BCUT2D eigenvalue weighted by Gasteiger charge is 2.19. The van der Waals surface area contributed by atoms with Gasteiger partial charge >= 0.3 is 0 Å². The second-order valence-electron chi connectivity index (χ2n) is 5.47. The Hall–Kier alpha value is -2.62. The van der Waals surface area contributed by atoms with E-state index in [9.17, 15) is 13.6 Å². The molecule has 0 unspecified atom stereocenters. The number of hydrogen-bond acceptors (Lipinski definition) is 5. The summed E-state index contributed by atoms with van der Waals surface area (Å²) in [6, 6.07) is 7.40. The Morgan fingerprint density at radius 3 is 2.96 bits per heavy atom. The lowest BCUT2D eigenvalue weighted by molar-refractivity contribution is -0.116. The van der Waals surface area contributed by atoms with E-state index in [1.807, 2.05) is 24.3 Å². The summed E-state index contributed by atoms with van der Waals surface area (Å²) >= 11 is 3.37. The van der Waals surface area contributed by atoms with E-state index in [-0.39, 0.29) is 24.4 Å². The van der Waals surface area contributed by atoms with Crippen LogP contribution in [0.5, 0.6) is 0 Å². The molecule has 0 aliphatic carbocycles. The van der Waals surface area contributed by atoms with Crippen molar-refractivity contribution in [3.05, 3.63) is 46.5 Å². The maximum Gasteiger partial charge on any atom is 0.284 e. The molecule has 7 nitrogen and oxygen atoms in total. The average Bonchev–Trinajstić information content (AvgIpc) is 3.20. The lowest BCUT2D eigenvalue weighted by Gasteiger charge is -2.03. The fourth-order valence-electron chi connectivity index (χ4n) is 2.30. The quantitative estimate of drug-likeness (QED) is 0.649. The highest BCUT2D eigenvalue weighted by Crippen LogP contribution is 2.25. The number of nitrogens with zero attached hydrogens (tertiary/aromatic N) is 4. The van der Waals surface area contributed by atoms with Gasteiger partial charge in [0.05, 0.1) is 5.69 Å². The maximum absolute atomic E-state index is 12.9. The SMILES string of the molecule is Cn1cc(NC(=O)CCc2nc(-c3cccc(Br)c3)no2)c(C(F)F)n1. The van der Waals surface area contributed by atoms with Gasteiger partial charge in [-0.25, -0.2) is 8.78 Å². The normalized spacial score (nSPS) is 11.1. The summed E-state index contributed by atoms with van der Waals surface area (Å²) in [4.78, 5) is 16.2. The number of aryl methyl sites for hydroxylation is 2. The predicted molar refractivity (Wildman–Crippen MR) is 92.5 cm³/mol. The second kappa shape index (κ2) is 7.73. The molecule has 0 spiro atoms. The molecule has 1 N–H and O–H groups in total. The molecule has 26 heavy (non-hydrogen) atoms. The van der Waals surface area contributed by atoms with Crippen LogP contribution >= 0.6 is 15.9 Å². The molecule has 0 atom stereocenters. The fraction of sp³-hybridized carbons (Fsp3) is 0.250. The van der Waals surface area contributed by atoms with Crippen molar-refractivity contribution in [3.63, 3.8) is 0 Å². The van der Waals surface area contributed by atoms with Gasteiger partial charge in [-0.15, -0.1) is 0 Å². The molecule has 3 aromatic rings. The second-order valence-corrected chi connectivity index (χ2v) is 6.39. The number of benzene rings is 1. The predicted octanol–water partition coefficient (Wildman–Crippen LogP) is 3.74. The maximum atomic E-state index is 12.9. The van der Waals surface area contributed by atoms with Crippen molar-refractivity contribution >= 4 is 27.5 Å². The molecule has 0 aliphatic heterocycles. The summed E-state index contributed by atoms with van der Waals surface area (Å²) in [6.07, 6.45) is -1.23. The minimum Gasteiger partial charge on any atom is -0.339 e. The summed E-state index contributed by atoms with van der Waals surface area (Å²) in [7, 11) is 1.50. The van der Waals surface area contributed by atoms with Crippen LogP contribution in [0.15, 0.2) is 39.5 Å². The van der Waals surface area contributed by atoms with E-state index >= 15 is 0 Å². The van der Waals surface area contributed by atoms with Gasteiger partial charge in [0.1, 0.15) is 0 Å². The average molecular weight is 426 g/mol. The van der Waals surface area contributed by atoms with Gasteiger partial charge in [0.2, 0.25) is 17.6 Å². The number of anilines is 1. The van der Waals surface area contributed by atoms with Crippen molar-refractivity contribution in [2.24, 2.45) is 7.05 Å². The summed E-state index contributed by atoms with van der Waals surface area (Å²) in [5.74, 6) is 0.256. The van der Waals surface area contributed by atoms with Crippen LogP contribution in [-0.4, -0.2) is 25.8 Å². The number of carbonyl (C=O) groups is 1. The number of nitrogens with one attached hydrogen (secondary N) is 1. The van der Waals surface area contributed by atoms with Gasteiger partial charge in [-0.1, -0.05) is 33.2 Å². The third kappa shape index (κ3) is 4.31. The first-order valence-corrected chi connectivity index (χ1v) is 8.41. The number of amides is 1. The van der Waals surface area contributed by atoms with Gasteiger partial charge in [-0.3, -0.25) is 9.48 Å². The van der Waals surface area contributed by atoms with E-state index in [1.54, 1.807) is 0 Å². The Labute approximate surface area is 155 Å². The zero-order chi connectivity index (χ0) is 18.7. The van der Waals surface area contributed by atoms with Crippen molar-refractivity contribution in [3.8, 4) is 11.4 Å². The van der Waals surface area contributed by atoms with Crippen molar-refractivity contribution in [2.45, 2.75) is 19.3 Å². The smallest absolute Gasteiger partial charge is 0.284 e. The van der Waals surface area contributed by atoms with Crippen molar-refractivity contribution in [1.82, 2.24) is 19.9 Å². The fourth-order valence-corrected chi connectivity index (χ4v) is 2.70. The van der Waals surface area contributed by atoms with Gasteiger partial charge in [-0.05, 0) is 12.1 Å². The van der Waals surface area contributed by atoms with Crippen LogP contribution in [0.4, 0.5) is 14.5 Å². The highest BCUT2D eigenvalue weighted by atomic mass is 79.9. The van der Waals surface area contributed by atoms with Crippen LogP contribution in [0.3, 0.4) is 0 Å². The first-order valence-electron chi connectivity index (χ1n) is 7.62. The molecule has 0 fully saturated rings. The summed E-state index contributed by atoms with van der Waals surface area (Å²) in [5, 5.41) is 9.94. The number of halogens is 3. The molecule has 1 amide bonds. The molecule has 0 saturated heterocycles. The Bertz CT molecular complexity index is 925. The van der Waals surface area contributed by atoms with Crippen LogP contribution in [0, 0.1) is 0 Å². The van der Waals surface area contributed by atoms with E-state index in [4.69, 9.17) is 4.52 Å². The molecule has 2 heterocycles.